The molecule has 90 valence electrons. The fourth-order valence-corrected chi connectivity index (χ4v) is 1.47. The summed E-state index contributed by atoms with van der Waals surface area (Å²) in [4.78, 5) is 24.8. The zero-order valence-electron chi connectivity index (χ0n) is 10.2. The molecule has 3 heteroatoms. The Bertz CT molecular complexity index is 405. The van der Waals surface area contributed by atoms with Gasteiger partial charge in [-0.15, -0.1) is 0 Å². The third-order valence-corrected chi connectivity index (χ3v) is 2.49. The molecular formula is C14H17NO2. The number of ketones is 1. The first-order valence-electron chi connectivity index (χ1n) is 5.75. The lowest BCUT2D eigenvalue weighted by Gasteiger charge is -2.16. The number of benzene rings is 1. The quantitative estimate of drug-likeness (QED) is 0.575. The van der Waals surface area contributed by atoms with Crippen LogP contribution in [0, 0.1) is 0 Å². The summed E-state index contributed by atoms with van der Waals surface area (Å²) in [6.07, 6.45) is 2.99. The van der Waals surface area contributed by atoms with Gasteiger partial charge in [-0.1, -0.05) is 36.4 Å². The predicted octanol–water partition coefficient (Wildman–Crippen LogP) is 2.14. The highest BCUT2D eigenvalue weighted by Crippen LogP contribution is 2.01. The highest BCUT2D eigenvalue weighted by Gasteiger charge is 2.15. The van der Waals surface area contributed by atoms with Crippen molar-refractivity contribution in [3.05, 3.63) is 42.0 Å². The second kappa shape index (κ2) is 6.63. The smallest absolute Gasteiger partial charge is 0.294 e. The minimum absolute atomic E-state index is 0.442. The zero-order chi connectivity index (χ0) is 12.7. The van der Waals surface area contributed by atoms with Crippen LogP contribution in [0.1, 0.15) is 19.4 Å². The van der Waals surface area contributed by atoms with Crippen LogP contribution in [-0.4, -0.2) is 29.7 Å². The molecule has 0 saturated heterocycles. The van der Waals surface area contributed by atoms with Gasteiger partial charge in [0.2, 0.25) is 5.78 Å². The zero-order valence-corrected chi connectivity index (χ0v) is 10.2. The summed E-state index contributed by atoms with van der Waals surface area (Å²) in [7, 11) is 0. The van der Waals surface area contributed by atoms with Crippen LogP contribution in [0.2, 0.25) is 0 Å². The van der Waals surface area contributed by atoms with Crippen LogP contribution >= 0.6 is 0 Å². The molecule has 0 aromatic heterocycles. The lowest BCUT2D eigenvalue weighted by atomic mass is 10.2. The lowest BCUT2D eigenvalue weighted by molar-refractivity contribution is -0.141. The number of nitrogens with zero attached hydrogens (tertiary/aromatic N) is 1. The van der Waals surface area contributed by atoms with E-state index in [-0.39, 0.29) is 0 Å². The van der Waals surface area contributed by atoms with Gasteiger partial charge < -0.3 is 4.90 Å². The van der Waals surface area contributed by atoms with Crippen molar-refractivity contribution >= 4 is 17.8 Å². The average molecular weight is 231 g/mol. The number of likely N-dealkylation sites (N-methyl/N-ethyl adjacent to an activating group) is 1. The molecule has 1 aromatic rings. The number of amides is 1. The van der Waals surface area contributed by atoms with Crippen molar-refractivity contribution in [2.24, 2.45) is 0 Å². The molecule has 1 rings (SSSR count). The Kier molecular flexibility index (Phi) is 5.14. The maximum Gasteiger partial charge on any atom is 0.294 e. The summed E-state index contributed by atoms with van der Waals surface area (Å²) < 4.78 is 0. The van der Waals surface area contributed by atoms with E-state index < -0.39 is 11.7 Å². The maximum absolute atomic E-state index is 11.7. The van der Waals surface area contributed by atoms with Gasteiger partial charge in [-0.3, -0.25) is 9.59 Å². The van der Waals surface area contributed by atoms with E-state index in [1.54, 1.807) is 6.08 Å². The lowest BCUT2D eigenvalue weighted by Crippen LogP contribution is -2.35. The molecule has 0 bridgehead atoms. The van der Waals surface area contributed by atoms with E-state index in [1.165, 1.54) is 11.0 Å². The predicted molar refractivity (Wildman–Crippen MR) is 68.4 cm³/mol. The van der Waals surface area contributed by atoms with Crippen molar-refractivity contribution in [3.63, 3.8) is 0 Å². The third-order valence-electron chi connectivity index (χ3n) is 2.49. The second-order valence-electron chi connectivity index (χ2n) is 3.59. The van der Waals surface area contributed by atoms with Gasteiger partial charge >= 0.3 is 0 Å². The van der Waals surface area contributed by atoms with E-state index in [2.05, 4.69) is 0 Å². The van der Waals surface area contributed by atoms with Gasteiger partial charge in [0, 0.05) is 13.1 Å². The Morgan fingerprint density at radius 2 is 1.71 bits per heavy atom. The van der Waals surface area contributed by atoms with Crippen molar-refractivity contribution in [3.8, 4) is 0 Å². The molecule has 3 nitrogen and oxygen atoms in total. The summed E-state index contributed by atoms with van der Waals surface area (Å²) in [5.41, 5.74) is 0.910. The molecule has 0 saturated carbocycles. The summed E-state index contributed by atoms with van der Waals surface area (Å²) >= 11 is 0. The molecular weight excluding hydrogens is 214 g/mol. The molecule has 0 heterocycles. The Hall–Kier alpha value is -1.90. The van der Waals surface area contributed by atoms with Crippen LogP contribution in [0.15, 0.2) is 36.4 Å². The van der Waals surface area contributed by atoms with E-state index >= 15 is 0 Å². The number of hydrogen-bond acceptors (Lipinski definition) is 2. The largest absolute Gasteiger partial charge is 0.336 e. The average Bonchev–Trinajstić information content (AvgIpc) is 2.38. The van der Waals surface area contributed by atoms with E-state index in [9.17, 15) is 9.59 Å². The van der Waals surface area contributed by atoms with Crippen molar-refractivity contribution in [2.75, 3.05) is 13.1 Å². The normalized spacial score (nSPS) is 10.5. The number of carbonyl (C=O) groups excluding carboxylic acids is 2. The van der Waals surface area contributed by atoms with Crippen LogP contribution < -0.4 is 0 Å². The van der Waals surface area contributed by atoms with Crippen LogP contribution in [-0.2, 0) is 9.59 Å². The highest BCUT2D eigenvalue weighted by atomic mass is 16.2. The SMILES string of the molecule is CCN(CC)C(=O)C(=O)C=Cc1ccccc1. The van der Waals surface area contributed by atoms with Gasteiger partial charge in [0.05, 0.1) is 0 Å². The fourth-order valence-electron chi connectivity index (χ4n) is 1.47. The molecule has 0 spiro atoms. The van der Waals surface area contributed by atoms with Crippen LogP contribution in [0.25, 0.3) is 6.08 Å². The first-order valence-corrected chi connectivity index (χ1v) is 5.75. The molecule has 0 atom stereocenters. The summed E-state index contributed by atoms with van der Waals surface area (Å²) in [6, 6.07) is 9.43. The fraction of sp³-hybridized carbons (Fsp3) is 0.286. The van der Waals surface area contributed by atoms with Gasteiger partial charge in [-0.25, -0.2) is 0 Å². The van der Waals surface area contributed by atoms with Crippen LogP contribution in [0.4, 0.5) is 0 Å². The minimum atomic E-state index is -0.474. The standard InChI is InChI=1S/C14H17NO2/c1-3-15(4-2)14(17)13(16)11-10-12-8-6-5-7-9-12/h5-11H,3-4H2,1-2H3. The molecule has 0 fully saturated rings. The van der Waals surface area contributed by atoms with Gasteiger partial charge in [-0.2, -0.15) is 0 Å². The monoisotopic (exact) mass is 231 g/mol. The Labute approximate surface area is 102 Å². The highest BCUT2D eigenvalue weighted by molar-refractivity contribution is 6.41. The molecule has 0 aliphatic carbocycles. The minimum Gasteiger partial charge on any atom is -0.336 e. The van der Waals surface area contributed by atoms with Crippen molar-refractivity contribution in [1.29, 1.82) is 0 Å². The molecule has 0 aliphatic heterocycles. The first-order chi connectivity index (χ1) is 8.19. The number of rotatable bonds is 5. The topological polar surface area (TPSA) is 37.4 Å². The van der Waals surface area contributed by atoms with Gasteiger partial charge in [-0.05, 0) is 25.5 Å². The molecule has 0 radical (unpaired) electrons. The first kappa shape index (κ1) is 13.2. The van der Waals surface area contributed by atoms with Crippen molar-refractivity contribution < 1.29 is 9.59 Å². The summed E-state index contributed by atoms with van der Waals surface area (Å²) in [5.74, 6) is -0.917. The third kappa shape index (κ3) is 3.87. The van der Waals surface area contributed by atoms with Gasteiger partial charge in [0.25, 0.3) is 5.91 Å². The maximum atomic E-state index is 11.7. The Balaban J connectivity index is 2.66. The Morgan fingerprint density at radius 1 is 1.12 bits per heavy atom. The van der Waals surface area contributed by atoms with Gasteiger partial charge in [0.1, 0.15) is 0 Å². The second-order valence-corrected chi connectivity index (χ2v) is 3.59. The van der Waals surface area contributed by atoms with E-state index in [0.29, 0.717) is 13.1 Å². The van der Waals surface area contributed by atoms with E-state index in [4.69, 9.17) is 0 Å². The number of hydrogen-bond donors (Lipinski definition) is 0. The molecule has 1 aromatic carbocycles. The summed E-state index contributed by atoms with van der Waals surface area (Å²) in [6.45, 7) is 4.83. The van der Waals surface area contributed by atoms with Crippen LogP contribution in [0.5, 0.6) is 0 Å². The van der Waals surface area contributed by atoms with Crippen LogP contribution in [0.3, 0.4) is 0 Å². The number of carbonyl (C=O) groups is 2. The van der Waals surface area contributed by atoms with E-state index in [1.807, 2.05) is 44.2 Å². The summed E-state index contributed by atoms with van der Waals surface area (Å²) in [5, 5.41) is 0. The van der Waals surface area contributed by atoms with Crippen molar-refractivity contribution in [2.45, 2.75) is 13.8 Å². The Morgan fingerprint density at radius 3 is 2.24 bits per heavy atom. The molecule has 0 unspecified atom stereocenters. The molecule has 0 aliphatic rings. The molecule has 1 amide bonds. The van der Waals surface area contributed by atoms with E-state index in [0.717, 1.165) is 5.56 Å². The van der Waals surface area contributed by atoms with Crippen molar-refractivity contribution in [1.82, 2.24) is 4.90 Å². The molecule has 0 N–H and O–H groups in total. The molecule has 17 heavy (non-hydrogen) atoms. The van der Waals surface area contributed by atoms with Gasteiger partial charge in [0.15, 0.2) is 0 Å².